The van der Waals surface area contributed by atoms with Crippen molar-refractivity contribution in [3.63, 3.8) is 0 Å². The lowest BCUT2D eigenvalue weighted by Crippen LogP contribution is -2.45. The summed E-state index contributed by atoms with van der Waals surface area (Å²) in [4.78, 5) is 27.1. The Labute approximate surface area is 168 Å². The van der Waals surface area contributed by atoms with Gasteiger partial charge in [0.05, 0.1) is 14.2 Å². The molecule has 0 unspecified atom stereocenters. The number of ether oxygens (including phenoxy) is 2. The van der Waals surface area contributed by atoms with Crippen molar-refractivity contribution in [1.82, 2.24) is 4.90 Å². The molecule has 1 saturated heterocycles. The third-order valence-electron chi connectivity index (χ3n) is 4.57. The molecule has 2 aromatic rings. The molecule has 1 atom stereocenters. The van der Waals surface area contributed by atoms with Crippen LogP contribution in [0.25, 0.3) is 0 Å². The molecule has 0 aromatic heterocycles. The molecule has 0 bridgehead atoms. The Bertz CT molecular complexity index is 852. The number of rotatable bonds is 5. The normalized spacial score (nSPS) is 15.8. The maximum absolute atomic E-state index is 12.9. The third kappa shape index (κ3) is 4.31. The fraction of sp³-hybridized carbons (Fsp3) is 0.300. The molecule has 3 amide bonds. The standard InChI is InChI=1S/C20H22ClN3O4/c1-27-16-9-4-10-17(28-2)18(16)23-19(25)15-8-5-11-24(15)20(26)22-14-7-3-6-13(21)12-14/h3-4,6-7,9-10,12,15H,5,8,11H2,1-2H3,(H,22,26)(H,23,25)/t15-/m0/s1. The third-order valence-corrected chi connectivity index (χ3v) is 4.80. The SMILES string of the molecule is COc1cccc(OC)c1NC(=O)[C@@H]1CCCN1C(=O)Nc1cccc(Cl)c1. The summed E-state index contributed by atoms with van der Waals surface area (Å²) in [5.41, 5.74) is 1.02. The minimum absolute atomic E-state index is 0.290. The van der Waals surface area contributed by atoms with Gasteiger partial charge in [0.25, 0.3) is 0 Å². The van der Waals surface area contributed by atoms with Gasteiger partial charge < -0.3 is 25.0 Å². The molecular weight excluding hydrogens is 382 g/mol. The van der Waals surface area contributed by atoms with Gasteiger partial charge in [-0.1, -0.05) is 23.7 Å². The van der Waals surface area contributed by atoms with Gasteiger partial charge in [-0.25, -0.2) is 4.79 Å². The number of nitrogens with zero attached hydrogens (tertiary/aromatic N) is 1. The molecule has 148 valence electrons. The van der Waals surface area contributed by atoms with E-state index in [0.29, 0.717) is 40.9 Å². The smallest absolute Gasteiger partial charge is 0.322 e. The van der Waals surface area contributed by atoms with Gasteiger partial charge in [0, 0.05) is 17.3 Å². The first kappa shape index (κ1) is 19.8. The Kier molecular flexibility index (Phi) is 6.26. The molecule has 2 N–H and O–H groups in total. The largest absolute Gasteiger partial charge is 0.494 e. The van der Waals surface area contributed by atoms with Crippen molar-refractivity contribution in [2.45, 2.75) is 18.9 Å². The van der Waals surface area contributed by atoms with Crippen molar-refractivity contribution in [2.24, 2.45) is 0 Å². The van der Waals surface area contributed by atoms with Crippen LogP contribution in [0.15, 0.2) is 42.5 Å². The lowest BCUT2D eigenvalue weighted by Gasteiger charge is -2.25. The maximum Gasteiger partial charge on any atom is 0.322 e. The lowest BCUT2D eigenvalue weighted by molar-refractivity contribution is -0.119. The minimum Gasteiger partial charge on any atom is -0.494 e. The summed E-state index contributed by atoms with van der Waals surface area (Å²) in [6, 6.07) is 11.2. The average Bonchev–Trinajstić information content (AvgIpc) is 3.18. The first-order valence-electron chi connectivity index (χ1n) is 8.88. The number of hydrogen-bond donors (Lipinski definition) is 2. The van der Waals surface area contributed by atoms with E-state index in [2.05, 4.69) is 10.6 Å². The number of nitrogens with one attached hydrogen (secondary N) is 2. The van der Waals surface area contributed by atoms with Crippen LogP contribution in [0, 0.1) is 0 Å². The molecule has 1 fully saturated rings. The van der Waals surface area contributed by atoms with E-state index in [1.165, 1.54) is 19.1 Å². The van der Waals surface area contributed by atoms with Gasteiger partial charge in [0.15, 0.2) is 0 Å². The van der Waals surface area contributed by atoms with Crippen molar-refractivity contribution in [3.05, 3.63) is 47.5 Å². The van der Waals surface area contributed by atoms with Crippen molar-refractivity contribution in [2.75, 3.05) is 31.4 Å². The van der Waals surface area contributed by atoms with E-state index in [4.69, 9.17) is 21.1 Å². The Morgan fingerprint density at radius 2 is 1.75 bits per heavy atom. The van der Waals surface area contributed by atoms with Crippen LogP contribution >= 0.6 is 11.6 Å². The van der Waals surface area contributed by atoms with Gasteiger partial charge in [-0.2, -0.15) is 0 Å². The van der Waals surface area contributed by atoms with Crippen LogP contribution in [-0.4, -0.2) is 43.6 Å². The number of carbonyl (C=O) groups excluding carboxylic acids is 2. The average molecular weight is 404 g/mol. The molecule has 2 aromatic carbocycles. The molecule has 28 heavy (non-hydrogen) atoms. The van der Waals surface area contributed by atoms with E-state index < -0.39 is 6.04 Å². The summed E-state index contributed by atoms with van der Waals surface area (Å²) in [7, 11) is 3.04. The summed E-state index contributed by atoms with van der Waals surface area (Å²) in [6.07, 6.45) is 1.32. The minimum atomic E-state index is -0.589. The second-order valence-corrected chi connectivity index (χ2v) is 6.76. The van der Waals surface area contributed by atoms with Crippen LogP contribution in [0.5, 0.6) is 11.5 Å². The van der Waals surface area contributed by atoms with Crippen molar-refractivity contribution in [3.8, 4) is 11.5 Å². The first-order valence-corrected chi connectivity index (χ1v) is 9.26. The first-order chi connectivity index (χ1) is 13.5. The molecule has 3 rings (SSSR count). The molecule has 1 aliphatic rings. The molecule has 1 heterocycles. The van der Waals surface area contributed by atoms with Crippen LogP contribution in [-0.2, 0) is 4.79 Å². The van der Waals surface area contributed by atoms with E-state index in [1.807, 2.05) is 0 Å². The predicted molar refractivity (Wildman–Crippen MR) is 108 cm³/mol. The molecule has 0 spiro atoms. The van der Waals surface area contributed by atoms with Crippen LogP contribution in [0.3, 0.4) is 0 Å². The highest BCUT2D eigenvalue weighted by atomic mass is 35.5. The quantitative estimate of drug-likeness (QED) is 0.791. The van der Waals surface area contributed by atoms with E-state index in [0.717, 1.165) is 6.42 Å². The predicted octanol–water partition coefficient (Wildman–Crippen LogP) is 3.99. The van der Waals surface area contributed by atoms with Crippen molar-refractivity contribution < 1.29 is 19.1 Å². The molecule has 0 aliphatic carbocycles. The fourth-order valence-corrected chi connectivity index (χ4v) is 3.42. The number of benzene rings is 2. The summed E-state index contributed by atoms with van der Waals surface area (Å²) in [5.74, 6) is 0.683. The number of likely N-dealkylation sites (tertiary alicyclic amines) is 1. The number of amides is 3. The van der Waals surface area contributed by atoms with E-state index in [-0.39, 0.29) is 11.9 Å². The van der Waals surface area contributed by atoms with Gasteiger partial charge in [0.2, 0.25) is 5.91 Å². The number of anilines is 2. The number of halogens is 1. The van der Waals surface area contributed by atoms with Crippen LogP contribution in [0.1, 0.15) is 12.8 Å². The van der Waals surface area contributed by atoms with E-state index in [1.54, 1.807) is 42.5 Å². The van der Waals surface area contributed by atoms with Gasteiger partial charge in [-0.15, -0.1) is 0 Å². The van der Waals surface area contributed by atoms with Crippen LogP contribution < -0.4 is 20.1 Å². The topological polar surface area (TPSA) is 79.9 Å². The van der Waals surface area contributed by atoms with Crippen molar-refractivity contribution >= 4 is 34.9 Å². The van der Waals surface area contributed by atoms with Gasteiger partial charge in [0.1, 0.15) is 23.2 Å². The van der Waals surface area contributed by atoms with Crippen LogP contribution in [0.4, 0.5) is 16.2 Å². The summed E-state index contributed by atoms with van der Waals surface area (Å²) < 4.78 is 10.6. The second kappa shape index (κ2) is 8.84. The van der Waals surface area contributed by atoms with E-state index >= 15 is 0 Å². The van der Waals surface area contributed by atoms with Gasteiger partial charge >= 0.3 is 6.03 Å². The summed E-state index contributed by atoms with van der Waals surface area (Å²) in [6.45, 7) is 0.494. The Morgan fingerprint density at radius 3 is 2.39 bits per heavy atom. The summed E-state index contributed by atoms with van der Waals surface area (Å²) in [5, 5.41) is 6.17. The van der Waals surface area contributed by atoms with Crippen molar-refractivity contribution in [1.29, 1.82) is 0 Å². The number of methoxy groups -OCH3 is 2. The molecule has 1 aliphatic heterocycles. The summed E-state index contributed by atoms with van der Waals surface area (Å²) >= 11 is 5.96. The highest BCUT2D eigenvalue weighted by Gasteiger charge is 2.35. The molecular formula is C20H22ClN3O4. The zero-order chi connectivity index (χ0) is 20.1. The molecule has 0 saturated carbocycles. The number of carbonyl (C=O) groups is 2. The second-order valence-electron chi connectivity index (χ2n) is 6.32. The highest BCUT2D eigenvalue weighted by molar-refractivity contribution is 6.30. The van der Waals surface area contributed by atoms with Gasteiger partial charge in [-0.05, 0) is 43.2 Å². The lowest BCUT2D eigenvalue weighted by atomic mass is 10.2. The number of para-hydroxylation sites is 1. The molecule has 8 heteroatoms. The van der Waals surface area contributed by atoms with Crippen LogP contribution in [0.2, 0.25) is 5.02 Å². The zero-order valence-electron chi connectivity index (χ0n) is 15.7. The van der Waals surface area contributed by atoms with Gasteiger partial charge in [-0.3, -0.25) is 4.79 Å². The zero-order valence-corrected chi connectivity index (χ0v) is 16.5. The Morgan fingerprint density at radius 1 is 1.07 bits per heavy atom. The molecule has 7 nitrogen and oxygen atoms in total. The van der Waals surface area contributed by atoms with E-state index in [9.17, 15) is 9.59 Å². The monoisotopic (exact) mass is 403 g/mol. The fourth-order valence-electron chi connectivity index (χ4n) is 3.22. The highest BCUT2D eigenvalue weighted by Crippen LogP contribution is 2.35. The Hall–Kier alpha value is -2.93. The molecule has 0 radical (unpaired) electrons. The number of hydrogen-bond acceptors (Lipinski definition) is 4. The maximum atomic E-state index is 12.9. The number of urea groups is 1. The Balaban J connectivity index is 1.74.